The van der Waals surface area contributed by atoms with Gasteiger partial charge < -0.3 is 9.47 Å². The van der Waals surface area contributed by atoms with Crippen LogP contribution in [-0.2, 0) is 19.1 Å². The zero-order chi connectivity index (χ0) is 21.4. The molecule has 0 heterocycles. The molecule has 0 aliphatic carbocycles. The third-order valence-corrected chi connectivity index (χ3v) is 9.24. The Kier molecular flexibility index (Phi) is 7.16. The molecule has 0 bridgehead atoms. The molecule has 3 aromatic rings. The summed E-state index contributed by atoms with van der Waals surface area (Å²) < 4.78 is 9.64. The fourth-order valence-corrected chi connectivity index (χ4v) is 7.54. The first kappa shape index (κ1) is 21.5. The molecule has 0 amide bonds. The van der Waals surface area contributed by atoms with E-state index in [-0.39, 0.29) is 5.57 Å². The standard InChI is InChI=1S/C25H24O4P/c1-28-24(26)23(25(27)29-2)18-19-30(20-12-6-3-7-13-20,21-14-8-4-9-15-21)22-16-10-5-11-17-22/h3-18H,19H2,1-2H3/q+1. The van der Waals surface area contributed by atoms with Crippen LogP contribution in [0.2, 0.25) is 0 Å². The molecular formula is C25H24O4P+. The Morgan fingerprint density at radius 2 is 1.00 bits per heavy atom. The van der Waals surface area contributed by atoms with E-state index in [1.54, 1.807) is 6.08 Å². The number of ether oxygens (including phenoxy) is 2. The maximum atomic E-state index is 12.3. The Morgan fingerprint density at radius 3 is 1.30 bits per heavy atom. The molecule has 0 aliphatic rings. The molecule has 0 saturated carbocycles. The van der Waals surface area contributed by atoms with Crippen molar-refractivity contribution in [3.8, 4) is 0 Å². The van der Waals surface area contributed by atoms with Gasteiger partial charge in [0.2, 0.25) is 0 Å². The topological polar surface area (TPSA) is 52.6 Å². The summed E-state index contributed by atoms with van der Waals surface area (Å²) >= 11 is 0. The van der Waals surface area contributed by atoms with Crippen LogP contribution in [-0.4, -0.2) is 32.3 Å². The minimum Gasteiger partial charge on any atom is -0.465 e. The van der Waals surface area contributed by atoms with Gasteiger partial charge in [-0.3, -0.25) is 0 Å². The van der Waals surface area contributed by atoms with Crippen molar-refractivity contribution < 1.29 is 19.1 Å². The predicted molar refractivity (Wildman–Crippen MR) is 122 cm³/mol. The van der Waals surface area contributed by atoms with E-state index in [2.05, 4.69) is 36.4 Å². The number of allylic oxidation sites excluding steroid dienone is 1. The third-order valence-electron chi connectivity index (χ3n) is 4.97. The second-order valence-corrected chi connectivity index (χ2v) is 10.1. The van der Waals surface area contributed by atoms with E-state index in [0.717, 1.165) is 15.9 Å². The molecule has 0 atom stereocenters. The van der Waals surface area contributed by atoms with Crippen LogP contribution in [0.25, 0.3) is 0 Å². The van der Waals surface area contributed by atoms with Gasteiger partial charge in [-0.15, -0.1) is 0 Å². The van der Waals surface area contributed by atoms with E-state index in [0.29, 0.717) is 6.16 Å². The van der Waals surface area contributed by atoms with Crippen molar-refractivity contribution in [2.75, 3.05) is 20.4 Å². The average molecular weight is 419 g/mol. The number of carbonyl (C=O) groups excluding carboxylic acids is 2. The van der Waals surface area contributed by atoms with Gasteiger partial charge in [-0.05, 0) is 42.5 Å². The maximum absolute atomic E-state index is 12.3. The van der Waals surface area contributed by atoms with E-state index in [4.69, 9.17) is 9.47 Å². The molecule has 30 heavy (non-hydrogen) atoms. The first-order valence-corrected chi connectivity index (χ1v) is 11.5. The minimum absolute atomic E-state index is 0.0906. The molecule has 152 valence electrons. The van der Waals surface area contributed by atoms with E-state index in [9.17, 15) is 9.59 Å². The number of hydrogen-bond donors (Lipinski definition) is 0. The van der Waals surface area contributed by atoms with E-state index in [1.807, 2.05) is 54.6 Å². The molecule has 3 rings (SSSR count). The van der Waals surface area contributed by atoms with Gasteiger partial charge in [0.05, 0.1) is 20.4 Å². The lowest BCUT2D eigenvalue weighted by Gasteiger charge is -2.26. The molecule has 0 saturated heterocycles. The fourth-order valence-electron chi connectivity index (χ4n) is 3.51. The summed E-state index contributed by atoms with van der Waals surface area (Å²) in [6.45, 7) is 0. The summed E-state index contributed by atoms with van der Waals surface area (Å²) in [4.78, 5) is 24.5. The quantitative estimate of drug-likeness (QED) is 0.194. The van der Waals surface area contributed by atoms with Crippen LogP contribution in [0.1, 0.15) is 0 Å². The Labute approximate surface area is 177 Å². The van der Waals surface area contributed by atoms with Crippen LogP contribution in [0.15, 0.2) is 103 Å². The van der Waals surface area contributed by atoms with Crippen molar-refractivity contribution in [2.24, 2.45) is 0 Å². The van der Waals surface area contributed by atoms with Crippen LogP contribution in [0.5, 0.6) is 0 Å². The van der Waals surface area contributed by atoms with Gasteiger partial charge >= 0.3 is 11.9 Å². The fraction of sp³-hybridized carbons (Fsp3) is 0.120. The average Bonchev–Trinajstić information content (AvgIpc) is 2.83. The van der Waals surface area contributed by atoms with Gasteiger partial charge in [0, 0.05) is 0 Å². The van der Waals surface area contributed by atoms with Crippen molar-refractivity contribution >= 4 is 35.1 Å². The van der Waals surface area contributed by atoms with Crippen molar-refractivity contribution in [3.05, 3.63) is 103 Å². The molecule has 0 fully saturated rings. The number of benzene rings is 3. The summed E-state index contributed by atoms with van der Waals surface area (Å²) in [5, 5.41) is 3.48. The normalized spacial score (nSPS) is 10.7. The molecule has 0 radical (unpaired) electrons. The smallest absolute Gasteiger partial charge is 0.345 e. The van der Waals surface area contributed by atoms with Gasteiger partial charge in [0.15, 0.2) is 0 Å². The maximum Gasteiger partial charge on any atom is 0.345 e. The first-order chi connectivity index (χ1) is 14.6. The van der Waals surface area contributed by atoms with E-state index >= 15 is 0 Å². The van der Waals surface area contributed by atoms with E-state index < -0.39 is 19.2 Å². The Hall–Kier alpha value is -3.23. The zero-order valence-corrected chi connectivity index (χ0v) is 17.9. The number of hydrogen-bond acceptors (Lipinski definition) is 4. The second kappa shape index (κ2) is 10.00. The van der Waals surface area contributed by atoms with Gasteiger partial charge in [0.25, 0.3) is 0 Å². The highest BCUT2D eigenvalue weighted by atomic mass is 31.2. The highest BCUT2D eigenvalue weighted by Gasteiger charge is 2.44. The molecule has 5 heteroatoms. The predicted octanol–water partition coefficient (Wildman–Crippen LogP) is 3.25. The number of rotatable bonds is 7. The highest BCUT2D eigenvalue weighted by Crippen LogP contribution is 2.55. The largest absolute Gasteiger partial charge is 0.465 e. The number of carbonyl (C=O) groups is 2. The molecule has 0 aromatic heterocycles. The summed E-state index contributed by atoms with van der Waals surface area (Å²) in [6, 6.07) is 30.7. The van der Waals surface area contributed by atoms with Crippen molar-refractivity contribution in [1.29, 1.82) is 0 Å². The summed E-state index contributed by atoms with van der Waals surface area (Å²) in [6.07, 6.45) is 2.14. The molecule has 0 N–H and O–H groups in total. The minimum atomic E-state index is -2.20. The van der Waals surface area contributed by atoms with Crippen LogP contribution in [0, 0.1) is 0 Å². The van der Waals surface area contributed by atoms with Crippen LogP contribution < -0.4 is 15.9 Å². The molecule has 4 nitrogen and oxygen atoms in total. The number of methoxy groups -OCH3 is 2. The third kappa shape index (κ3) is 4.34. The van der Waals surface area contributed by atoms with Gasteiger partial charge in [-0.2, -0.15) is 0 Å². The summed E-state index contributed by atoms with van der Waals surface area (Å²) in [5.41, 5.74) is -0.0906. The van der Waals surface area contributed by atoms with Crippen LogP contribution in [0.3, 0.4) is 0 Å². The SMILES string of the molecule is COC(=O)C(=CC[P+](c1ccccc1)(c1ccccc1)c1ccccc1)C(=O)OC. The lowest BCUT2D eigenvalue weighted by atomic mass is 10.2. The summed E-state index contributed by atoms with van der Waals surface area (Å²) in [5.74, 6) is -1.40. The van der Waals surface area contributed by atoms with Gasteiger partial charge in [-0.25, -0.2) is 9.59 Å². The van der Waals surface area contributed by atoms with Crippen molar-refractivity contribution in [3.63, 3.8) is 0 Å². The van der Waals surface area contributed by atoms with Crippen LogP contribution in [0.4, 0.5) is 0 Å². The monoisotopic (exact) mass is 419 g/mol. The molecule has 0 spiro atoms. The Bertz CT molecular complexity index is 900. The first-order valence-electron chi connectivity index (χ1n) is 9.55. The highest BCUT2D eigenvalue weighted by molar-refractivity contribution is 7.95. The lowest BCUT2D eigenvalue weighted by molar-refractivity contribution is -0.144. The molecule has 0 aliphatic heterocycles. The van der Waals surface area contributed by atoms with Crippen molar-refractivity contribution in [1.82, 2.24) is 0 Å². The lowest BCUT2D eigenvalue weighted by Crippen LogP contribution is -2.33. The van der Waals surface area contributed by atoms with Gasteiger partial charge in [-0.1, -0.05) is 54.6 Å². The van der Waals surface area contributed by atoms with Gasteiger partial charge in [0.1, 0.15) is 28.7 Å². The molecular weight excluding hydrogens is 395 g/mol. The Morgan fingerprint density at radius 1 is 0.667 bits per heavy atom. The van der Waals surface area contributed by atoms with E-state index in [1.165, 1.54) is 14.2 Å². The van der Waals surface area contributed by atoms with Crippen molar-refractivity contribution in [2.45, 2.75) is 0 Å². The molecule has 3 aromatic carbocycles. The second-order valence-electron chi connectivity index (χ2n) is 6.60. The Balaban J connectivity index is 2.27. The summed E-state index contributed by atoms with van der Waals surface area (Å²) in [7, 11) is 0.315. The number of esters is 2. The van der Waals surface area contributed by atoms with Crippen LogP contribution >= 0.6 is 7.26 Å². The molecule has 0 unspecified atom stereocenters. The zero-order valence-electron chi connectivity index (χ0n) is 17.0.